The number of ether oxygens (including phenoxy) is 2. The van der Waals surface area contributed by atoms with Crippen LogP contribution in [0.4, 0.5) is 5.69 Å². The minimum Gasteiger partial charge on any atom is -0.489 e. The van der Waals surface area contributed by atoms with Crippen LogP contribution in [0.1, 0.15) is 16.7 Å². The summed E-state index contributed by atoms with van der Waals surface area (Å²) in [6.07, 6.45) is 1.41. The lowest BCUT2D eigenvalue weighted by molar-refractivity contribution is -0.112. The highest BCUT2D eigenvalue weighted by molar-refractivity contribution is 6.35. The van der Waals surface area contributed by atoms with Crippen LogP contribution < -0.4 is 14.8 Å². The van der Waals surface area contributed by atoms with Gasteiger partial charge in [0.05, 0.1) is 0 Å². The SMILES string of the molecule is N#C/C(=C\c1cc(Cl)ccc1OCc1ccc(Cl)cc1Cl)C(=O)Nc1ccc(OCc2ccc(Cl)cc2Cl)cc1. The highest BCUT2D eigenvalue weighted by Gasteiger charge is 2.13. The van der Waals surface area contributed by atoms with E-state index in [4.69, 9.17) is 67.5 Å². The van der Waals surface area contributed by atoms with E-state index in [1.54, 1.807) is 78.9 Å². The average Bonchev–Trinajstić information content (AvgIpc) is 2.92. The first-order chi connectivity index (χ1) is 19.2. The van der Waals surface area contributed by atoms with Gasteiger partial charge in [-0.15, -0.1) is 0 Å². The molecular weight excluding hydrogens is 614 g/mol. The third-order valence-electron chi connectivity index (χ3n) is 5.56. The second-order valence-electron chi connectivity index (χ2n) is 8.38. The Morgan fingerprint density at radius 3 is 1.88 bits per heavy atom. The van der Waals surface area contributed by atoms with E-state index < -0.39 is 5.91 Å². The second-order valence-corrected chi connectivity index (χ2v) is 10.5. The number of nitriles is 1. The maximum Gasteiger partial charge on any atom is 0.266 e. The summed E-state index contributed by atoms with van der Waals surface area (Å²) in [4.78, 5) is 12.9. The smallest absolute Gasteiger partial charge is 0.266 e. The van der Waals surface area contributed by atoms with Crippen LogP contribution in [0, 0.1) is 11.3 Å². The van der Waals surface area contributed by atoms with E-state index in [0.717, 1.165) is 11.1 Å². The standard InChI is InChI=1S/C30H19Cl5N2O3/c31-22-5-10-29(40-17-19-2-4-24(33)14-28(19)35)20(12-22)11-21(15-36)30(38)37-25-6-8-26(9-7-25)39-16-18-1-3-23(32)13-27(18)34/h1-14H,16-17H2,(H,37,38)/b21-11+. The molecule has 0 unspecified atom stereocenters. The van der Waals surface area contributed by atoms with Crippen molar-refractivity contribution < 1.29 is 14.3 Å². The average molecular weight is 633 g/mol. The van der Waals surface area contributed by atoms with Gasteiger partial charge in [-0.2, -0.15) is 5.26 Å². The molecule has 0 aromatic heterocycles. The minimum absolute atomic E-state index is 0.144. The van der Waals surface area contributed by atoms with Crippen LogP contribution in [0.25, 0.3) is 6.08 Å². The summed E-state index contributed by atoms with van der Waals surface area (Å²) in [5, 5.41) is 14.9. The predicted octanol–water partition coefficient (Wildman–Crippen LogP) is 9.66. The number of benzene rings is 4. The number of nitrogens with one attached hydrogen (secondary N) is 1. The Morgan fingerprint density at radius 1 is 0.750 bits per heavy atom. The zero-order valence-electron chi connectivity index (χ0n) is 20.6. The maximum absolute atomic E-state index is 12.9. The van der Waals surface area contributed by atoms with Gasteiger partial charge in [-0.05, 0) is 72.8 Å². The van der Waals surface area contributed by atoms with Crippen LogP contribution in [0.5, 0.6) is 11.5 Å². The summed E-state index contributed by atoms with van der Waals surface area (Å²) < 4.78 is 11.7. The van der Waals surface area contributed by atoms with Crippen molar-refractivity contribution in [2.75, 3.05) is 5.32 Å². The van der Waals surface area contributed by atoms with Gasteiger partial charge in [-0.1, -0.05) is 70.1 Å². The van der Waals surface area contributed by atoms with Gasteiger partial charge in [0, 0.05) is 47.5 Å². The van der Waals surface area contributed by atoms with E-state index in [-0.39, 0.29) is 18.8 Å². The van der Waals surface area contributed by atoms with Crippen molar-refractivity contribution in [3.05, 3.63) is 126 Å². The molecule has 4 aromatic carbocycles. The van der Waals surface area contributed by atoms with Crippen molar-refractivity contribution in [2.24, 2.45) is 0 Å². The number of carbonyl (C=O) groups excluding carboxylic acids is 1. The molecule has 1 amide bonds. The van der Waals surface area contributed by atoms with Gasteiger partial charge in [-0.25, -0.2) is 0 Å². The third kappa shape index (κ3) is 8.08. The van der Waals surface area contributed by atoms with Crippen molar-refractivity contribution in [1.82, 2.24) is 0 Å². The molecule has 4 rings (SSSR count). The van der Waals surface area contributed by atoms with Gasteiger partial charge in [0.2, 0.25) is 0 Å². The lowest BCUT2D eigenvalue weighted by Crippen LogP contribution is -2.13. The van der Waals surface area contributed by atoms with E-state index in [1.165, 1.54) is 6.08 Å². The summed E-state index contributed by atoms with van der Waals surface area (Å²) in [5.74, 6) is 0.385. The van der Waals surface area contributed by atoms with Crippen LogP contribution in [0.15, 0.2) is 84.4 Å². The molecule has 0 fully saturated rings. The molecule has 0 aliphatic carbocycles. The molecule has 10 heteroatoms. The molecule has 0 saturated carbocycles. The Labute approximate surface area is 256 Å². The van der Waals surface area contributed by atoms with Crippen molar-refractivity contribution in [3.63, 3.8) is 0 Å². The molecule has 0 aliphatic rings. The lowest BCUT2D eigenvalue weighted by Gasteiger charge is -2.12. The van der Waals surface area contributed by atoms with E-state index in [1.807, 2.05) is 6.07 Å². The largest absolute Gasteiger partial charge is 0.489 e. The first kappa shape index (κ1) is 29.6. The minimum atomic E-state index is -0.601. The van der Waals surface area contributed by atoms with Crippen LogP contribution in [-0.4, -0.2) is 5.91 Å². The van der Waals surface area contributed by atoms with Crippen LogP contribution in [-0.2, 0) is 18.0 Å². The summed E-state index contributed by atoms with van der Waals surface area (Å²) in [6, 6.07) is 23.8. The molecular formula is C30H19Cl5N2O3. The summed E-state index contributed by atoms with van der Waals surface area (Å²) in [6.45, 7) is 0.391. The molecule has 40 heavy (non-hydrogen) atoms. The number of hydrogen-bond donors (Lipinski definition) is 1. The highest BCUT2D eigenvalue weighted by Crippen LogP contribution is 2.29. The number of anilines is 1. The number of halogens is 5. The Balaban J connectivity index is 1.43. The molecule has 0 bridgehead atoms. The molecule has 0 spiro atoms. The normalized spacial score (nSPS) is 11.1. The Hall–Kier alpha value is -3.37. The van der Waals surface area contributed by atoms with Crippen LogP contribution in [0.2, 0.25) is 25.1 Å². The Morgan fingerprint density at radius 2 is 1.30 bits per heavy atom. The molecule has 0 radical (unpaired) electrons. The summed E-state index contributed by atoms with van der Waals surface area (Å²) in [5.41, 5.74) is 2.29. The number of carbonyl (C=O) groups is 1. The van der Waals surface area contributed by atoms with Gasteiger partial charge >= 0.3 is 0 Å². The molecule has 1 N–H and O–H groups in total. The zero-order valence-corrected chi connectivity index (χ0v) is 24.3. The number of nitrogens with zero attached hydrogens (tertiary/aromatic N) is 1. The fraction of sp³-hybridized carbons (Fsp3) is 0.0667. The first-order valence-electron chi connectivity index (χ1n) is 11.7. The fourth-order valence-electron chi connectivity index (χ4n) is 3.49. The lowest BCUT2D eigenvalue weighted by atomic mass is 10.1. The van der Waals surface area contributed by atoms with Crippen molar-refractivity contribution in [3.8, 4) is 17.6 Å². The fourth-order valence-corrected chi connectivity index (χ4v) is 4.60. The van der Waals surface area contributed by atoms with Gasteiger partial charge < -0.3 is 14.8 Å². The van der Waals surface area contributed by atoms with E-state index in [0.29, 0.717) is 47.9 Å². The van der Waals surface area contributed by atoms with Crippen LogP contribution in [0.3, 0.4) is 0 Å². The monoisotopic (exact) mass is 630 g/mol. The molecule has 0 heterocycles. The number of hydrogen-bond acceptors (Lipinski definition) is 4. The molecule has 202 valence electrons. The zero-order chi connectivity index (χ0) is 28.6. The van der Waals surface area contributed by atoms with Crippen molar-refractivity contribution in [1.29, 1.82) is 5.26 Å². The van der Waals surface area contributed by atoms with Crippen LogP contribution >= 0.6 is 58.0 Å². The highest BCUT2D eigenvalue weighted by atomic mass is 35.5. The molecule has 0 atom stereocenters. The van der Waals surface area contributed by atoms with Crippen molar-refractivity contribution >= 4 is 75.7 Å². The predicted molar refractivity (Wildman–Crippen MR) is 162 cm³/mol. The Kier molecular flexibility index (Phi) is 10.2. The summed E-state index contributed by atoms with van der Waals surface area (Å²) in [7, 11) is 0. The maximum atomic E-state index is 12.9. The van der Waals surface area contributed by atoms with Gasteiger partial charge in [-0.3, -0.25) is 4.79 Å². The quantitative estimate of drug-likeness (QED) is 0.147. The number of rotatable bonds is 9. The van der Waals surface area contributed by atoms with Gasteiger partial charge in [0.1, 0.15) is 36.4 Å². The molecule has 5 nitrogen and oxygen atoms in total. The molecule has 0 saturated heterocycles. The van der Waals surface area contributed by atoms with E-state index in [9.17, 15) is 10.1 Å². The van der Waals surface area contributed by atoms with E-state index in [2.05, 4.69) is 5.32 Å². The third-order valence-corrected chi connectivity index (χ3v) is 6.97. The van der Waals surface area contributed by atoms with Crippen molar-refractivity contribution in [2.45, 2.75) is 13.2 Å². The molecule has 0 aliphatic heterocycles. The number of amides is 1. The van der Waals surface area contributed by atoms with E-state index >= 15 is 0 Å². The topological polar surface area (TPSA) is 71.3 Å². The molecule has 4 aromatic rings. The second kappa shape index (κ2) is 13.8. The first-order valence-corrected chi connectivity index (χ1v) is 13.6. The van der Waals surface area contributed by atoms with Gasteiger partial charge in [0.15, 0.2) is 0 Å². The summed E-state index contributed by atoms with van der Waals surface area (Å²) >= 11 is 30.5. The van der Waals surface area contributed by atoms with Gasteiger partial charge in [0.25, 0.3) is 5.91 Å². The Bertz CT molecular complexity index is 1620.